The van der Waals surface area contributed by atoms with Gasteiger partial charge in [-0.05, 0) is 37.3 Å². The molecule has 0 radical (unpaired) electrons. The van der Waals surface area contributed by atoms with Gasteiger partial charge in [-0.15, -0.1) is 24.0 Å². The number of para-hydroxylation sites is 1. The lowest BCUT2D eigenvalue weighted by Crippen LogP contribution is -2.41. The van der Waals surface area contributed by atoms with Crippen LogP contribution >= 0.6 is 24.0 Å². The molecule has 0 aliphatic heterocycles. The Balaban J connectivity index is 0.00000480. The average Bonchev–Trinajstić information content (AvgIpc) is 2.75. The molecule has 0 unspecified atom stereocenters. The lowest BCUT2D eigenvalue weighted by molar-refractivity contribution is -0.0504. The zero-order valence-electron chi connectivity index (χ0n) is 17.4. The lowest BCUT2D eigenvalue weighted by Gasteiger charge is -2.13. The maximum Gasteiger partial charge on any atom is 0.387 e. The van der Waals surface area contributed by atoms with Crippen molar-refractivity contribution in [3.8, 4) is 11.5 Å². The molecule has 7 nitrogen and oxygen atoms in total. The maximum absolute atomic E-state index is 12.5. The summed E-state index contributed by atoms with van der Waals surface area (Å²) in [4.78, 5) is 16.5. The molecule has 0 saturated carbocycles. The van der Waals surface area contributed by atoms with Crippen LogP contribution in [0.4, 0.5) is 8.78 Å². The Morgan fingerprint density at radius 1 is 1.03 bits per heavy atom. The minimum Gasteiger partial charge on any atom is -0.497 e. The number of guanidine groups is 1. The molecule has 10 heteroatoms. The summed E-state index contributed by atoms with van der Waals surface area (Å²) < 4.78 is 34.6. The number of hydrogen-bond acceptors (Lipinski definition) is 4. The van der Waals surface area contributed by atoms with E-state index in [0.29, 0.717) is 42.5 Å². The fraction of sp³-hybridized carbons (Fsp3) is 0.333. The molecule has 2 rings (SSSR count). The number of nitrogens with zero attached hydrogens (tertiary/aromatic N) is 1. The van der Waals surface area contributed by atoms with Gasteiger partial charge in [-0.3, -0.25) is 4.79 Å². The number of aliphatic imine (C=N–C) groups is 1. The van der Waals surface area contributed by atoms with E-state index in [1.807, 2.05) is 6.92 Å². The van der Waals surface area contributed by atoms with Crippen molar-refractivity contribution < 1.29 is 23.0 Å². The van der Waals surface area contributed by atoms with Crippen LogP contribution in [-0.4, -0.2) is 45.2 Å². The van der Waals surface area contributed by atoms with Gasteiger partial charge in [0.15, 0.2) is 5.96 Å². The van der Waals surface area contributed by atoms with E-state index in [2.05, 4.69) is 25.7 Å². The van der Waals surface area contributed by atoms with Gasteiger partial charge in [-0.25, -0.2) is 4.99 Å². The van der Waals surface area contributed by atoms with Gasteiger partial charge in [-0.2, -0.15) is 8.78 Å². The molecular weight excluding hydrogens is 521 g/mol. The van der Waals surface area contributed by atoms with E-state index < -0.39 is 6.61 Å². The van der Waals surface area contributed by atoms with Gasteiger partial charge in [0.1, 0.15) is 11.5 Å². The van der Waals surface area contributed by atoms with Gasteiger partial charge < -0.3 is 25.4 Å². The highest BCUT2D eigenvalue weighted by molar-refractivity contribution is 14.0. The Hall–Kier alpha value is -2.63. The van der Waals surface area contributed by atoms with E-state index in [1.165, 1.54) is 6.07 Å². The maximum atomic E-state index is 12.5. The summed E-state index contributed by atoms with van der Waals surface area (Å²) in [5.74, 6) is 1.08. The Morgan fingerprint density at radius 3 is 2.35 bits per heavy atom. The third-order valence-corrected chi connectivity index (χ3v) is 4.00. The highest BCUT2D eigenvalue weighted by Crippen LogP contribution is 2.20. The first kappa shape index (κ1) is 26.4. The van der Waals surface area contributed by atoms with Crippen LogP contribution in [0.25, 0.3) is 0 Å². The number of amides is 1. The normalized spacial score (nSPS) is 10.8. The van der Waals surface area contributed by atoms with Gasteiger partial charge in [0.25, 0.3) is 5.91 Å². The summed E-state index contributed by atoms with van der Waals surface area (Å²) in [5.41, 5.74) is 1.08. The van der Waals surface area contributed by atoms with Crippen molar-refractivity contribution in [2.45, 2.75) is 20.1 Å². The number of rotatable bonds is 10. The molecule has 0 bridgehead atoms. The number of alkyl halides is 2. The number of carbonyl (C=O) groups is 1. The van der Waals surface area contributed by atoms with Crippen LogP contribution in [0.1, 0.15) is 22.8 Å². The molecule has 0 aliphatic rings. The van der Waals surface area contributed by atoms with E-state index in [-0.39, 0.29) is 42.2 Å². The Labute approximate surface area is 197 Å². The predicted octanol–water partition coefficient (Wildman–Crippen LogP) is 3.40. The number of nitrogens with one attached hydrogen (secondary N) is 3. The third kappa shape index (κ3) is 9.37. The van der Waals surface area contributed by atoms with Crippen molar-refractivity contribution in [2.24, 2.45) is 4.99 Å². The predicted molar refractivity (Wildman–Crippen MR) is 127 cm³/mol. The Bertz CT molecular complexity index is 836. The minimum atomic E-state index is -2.89. The molecule has 0 spiro atoms. The first-order valence-electron chi connectivity index (χ1n) is 9.50. The van der Waals surface area contributed by atoms with Gasteiger partial charge in [0.05, 0.1) is 13.7 Å². The summed E-state index contributed by atoms with van der Waals surface area (Å²) in [6, 6.07) is 13.3. The zero-order chi connectivity index (χ0) is 21.8. The first-order valence-corrected chi connectivity index (χ1v) is 9.50. The fourth-order valence-corrected chi connectivity index (χ4v) is 2.55. The molecule has 0 heterocycles. The average molecular weight is 548 g/mol. The second kappa shape index (κ2) is 14.4. The number of carbonyl (C=O) groups excluding carboxylic acids is 1. The molecule has 2 aromatic rings. The molecule has 2 aromatic carbocycles. The van der Waals surface area contributed by atoms with Crippen molar-refractivity contribution in [3.05, 3.63) is 59.7 Å². The standard InChI is InChI=1S/C21H26F2N4O3.HI/c1-3-24-21(27-14-16-6-4-5-7-18(16)30-20(22)23)26-13-12-25-19(28)15-8-10-17(29-2)11-9-15;/h4-11,20H,3,12-14H2,1-2H3,(H,25,28)(H2,24,26,27);1H. The number of methoxy groups -OCH3 is 1. The lowest BCUT2D eigenvalue weighted by atomic mass is 10.2. The van der Waals surface area contributed by atoms with Crippen molar-refractivity contribution in [1.29, 1.82) is 0 Å². The smallest absolute Gasteiger partial charge is 0.387 e. The molecule has 31 heavy (non-hydrogen) atoms. The van der Waals surface area contributed by atoms with Gasteiger partial charge >= 0.3 is 6.61 Å². The SMILES string of the molecule is CCNC(=NCc1ccccc1OC(F)F)NCCNC(=O)c1ccc(OC)cc1.I. The second-order valence-electron chi connectivity index (χ2n) is 6.09. The van der Waals surface area contributed by atoms with Crippen molar-refractivity contribution in [3.63, 3.8) is 0 Å². The minimum absolute atomic E-state index is 0. The summed E-state index contributed by atoms with van der Waals surface area (Å²) in [6.45, 7) is 0.617. The van der Waals surface area contributed by atoms with E-state index in [4.69, 9.17) is 4.74 Å². The zero-order valence-corrected chi connectivity index (χ0v) is 19.7. The van der Waals surface area contributed by atoms with E-state index in [1.54, 1.807) is 49.6 Å². The van der Waals surface area contributed by atoms with Crippen LogP contribution in [0.15, 0.2) is 53.5 Å². The molecule has 3 N–H and O–H groups in total. The summed E-state index contributed by atoms with van der Waals surface area (Å²) >= 11 is 0. The molecular formula is C21H27F2IN4O3. The Morgan fingerprint density at radius 2 is 1.71 bits per heavy atom. The van der Waals surface area contributed by atoms with Crippen LogP contribution in [0, 0.1) is 0 Å². The summed E-state index contributed by atoms with van der Waals surface area (Å²) in [7, 11) is 1.56. The molecule has 170 valence electrons. The quantitative estimate of drug-likeness (QED) is 0.184. The van der Waals surface area contributed by atoms with Gasteiger partial charge in [0, 0.05) is 30.8 Å². The van der Waals surface area contributed by atoms with Crippen LogP contribution in [0.5, 0.6) is 11.5 Å². The van der Waals surface area contributed by atoms with Crippen LogP contribution in [0.2, 0.25) is 0 Å². The van der Waals surface area contributed by atoms with Gasteiger partial charge in [0.2, 0.25) is 0 Å². The Kier molecular flexibility index (Phi) is 12.3. The van der Waals surface area contributed by atoms with E-state index >= 15 is 0 Å². The van der Waals surface area contributed by atoms with Crippen molar-refractivity contribution in [2.75, 3.05) is 26.7 Å². The van der Waals surface area contributed by atoms with Crippen LogP contribution in [-0.2, 0) is 6.54 Å². The fourth-order valence-electron chi connectivity index (χ4n) is 2.55. The number of halogens is 3. The van der Waals surface area contributed by atoms with Crippen LogP contribution < -0.4 is 25.4 Å². The van der Waals surface area contributed by atoms with E-state index in [9.17, 15) is 13.6 Å². The summed E-state index contributed by atoms with van der Waals surface area (Å²) in [6.07, 6.45) is 0. The molecule has 0 aliphatic carbocycles. The summed E-state index contributed by atoms with van der Waals surface area (Å²) in [5, 5.41) is 8.97. The number of benzene rings is 2. The second-order valence-corrected chi connectivity index (χ2v) is 6.09. The highest BCUT2D eigenvalue weighted by Gasteiger charge is 2.09. The number of hydrogen-bond donors (Lipinski definition) is 3. The van der Waals surface area contributed by atoms with Gasteiger partial charge in [-0.1, -0.05) is 18.2 Å². The largest absolute Gasteiger partial charge is 0.497 e. The van der Waals surface area contributed by atoms with E-state index in [0.717, 1.165) is 0 Å². The highest BCUT2D eigenvalue weighted by atomic mass is 127. The van der Waals surface area contributed by atoms with Crippen molar-refractivity contribution in [1.82, 2.24) is 16.0 Å². The number of ether oxygens (including phenoxy) is 2. The third-order valence-electron chi connectivity index (χ3n) is 4.00. The van der Waals surface area contributed by atoms with Crippen LogP contribution in [0.3, 0.4) is 0 Å². The molecule has 0 fully saturated rings. The molecule has 0 aromatic heterocycles. The molecule has 1 amide bonds. The topological polar surface area (TPSA) is 84.0 Å². The first-order chi connectivity index (χ1) is 14.5. The van der Waals surface area contributed by atoms with Crippen molar-refractivity contribution >= 4 is 35.8 Å². The molecule has 0 saturated heterocycles. The monoisotopic (exact) mass is 548 g/mol. The molecule has 0 atom stereocenters.